The van der Waals surface area contributed by atoms with E-state index in [1.807, 2.05) is 30.3 Å². The molecule has 2 aromatic carbocycles. The first-order chi connectivity index (χ1) is 12.7. The summed E-state index contributed by atoms with van der Waals surface area (Å²) < 4.78 is 16.0. The average molecular weight is 375 g/mol. The van der Waals surface area contributed by atoms with Crippen molar-refractivity contribution in [2.75, 3.05) is 25.6 Å². The lowest BCUT2D eigenvalue weighted by atomic mass is 10.0. The number of hydrogen-bond donors (Lipinski definition) is 0. The van der Waals surface area contributed by atoms with Crippen LogP contribution in [0.2, 0.25) is 0 Å². The van der Waals surface area contributed by atoms with E-state index >= 15 is 0 Å². The highest BCUT2D eigenvalue weighted by Gasteiger charge is 2.19. The maximum atomic E-state index is 12.6. The van der Waals surface area contributed by atoms with Crippen LogP contribution in [0.25, 0.3) is 10.8 Å². The highest BCUT2D eigenvalue weighted by Crippen LogP contribution is 2.19. The summed E-state index contributed by atoms with van der Waals surface area (Å²) in [5, 5.41) is 1.76. The molecule has 0 aliphatic carbocycles. The lowest BCUT2D eigenvalue weighted by molar-refractivity contribution is -0.142. The molecule has 1 atom stereocenters. The van der Waals surface area contributed by atoms with Crippen LogP contribution in [0.4, 0.5) is 0 Å². The fourth-order valence-electron chi connectivity index (χ4n) is 2.36. The van der Waals surface area contributed by atoms with Gasteiger partial charge in [-0.3, -0.25) is 0 Å². The second-order valence-corrected chi connectivity index (χ2v) is 6.07. The molecule has 0 radical (unpaired) electrons. The number of rotatable bonds is 10. The van der Waals surface area contributed by atoms with E-state index in [1.54, 1.807) is 12.1 Å². The van der Waals surface area contributed by atoms with Crippen LogP contribution in [-0.2, 0) is 31.6 Å². The van der Waals surface area contributed by atoms with Crippen LogP contribution in [0, 0.1) is 0 Å². The molecule has 2 aromatic rings. The van der Waals surface area contributed by atoms with Crippen LogP contribution in [0.1, 0.15) is 16.8 Å². The second-order valence-electron chi connectivity index (χ2n) is 5.57. The molecular weight excluding hydrogens is 352 g/mol. The summed E-state index contributed by atoms with van der Waals surface area (Å²) in [4.78, 5) is 23.9. The minimum Gasteiger partial charge on any atom is -0.458 e. The summed E-state index contributed by atoms with van der Waals surface area (Å²) in [6.45, 7) is 3.92. The van der Waals surface area contributed by atoms with E-state index in [0.717, 1.165) is 29.0 Å². The van der Waals surface area contributed by atoms with E-state index in [2.05, 4.69) is 19.2 Å². The van der Waals surface area contributed by atoms with Gasteiger partial charge in [0.05, 0.1) is 18.8 Å². The fraction of sp³-hybridized carbons (Fsp3) is 0.300. The lowest BCUT2D eigenvalue weighted by Gasteiger charge is -2.18. The third kappa shape index (κ3) is 5.89. The number of fused-ring (bicyclic) bond motifs is 1. The Hall–Kier alpha value is -2.31. The van der Waals surface area contributed by atoms with E-state index in [0.29, 0.717) is 12.2 Å². The first-order valence-electron chi connectivity index (χ1n) is 8.36. The smallest absolute Gasteiger partial charge is 0.339 e. The lowest BCUT2D eigenvalue weighted by Crippen LogP contribution is -2.30. The molecule has 0 amide bonds. The second kappa shape index (κ2) is 10.6. The van der Waals surface area contributed by atoms with Crippen molar-refractivity contribution in [1.29, 1.82) is 0 Å². The topological polar surface area (TPSA) is 61.8 Å². The molecule has 5 nitrogen and oxygen atoms in total. The fourth-order valence-corrected chi connectivity index (χ4v) is 2.50. The largest absolute Gasteiger partial charge is 0.458 e. The highest BCUT2D eigenvalue weighted by molar-refractivity contribution is 7.58. The maximum Gasteiger partial charge on any atom is 0.339 e. The molecule has 0 heterocycles. The van der Waals surface area contributed by atoms with Gasteiger partial charge in [-0.05, 0) is 29.5 Å². The normalized spacial score (nSPS) is 11.7. The molecule has 0 spiro atoms. The van der Waals surface area contributed by atoms with Crippen molar-refractivity contribution in [3.63, 3.8) is 0 Å². The molecule has 0 bridgehead atoms. The molecule has 0 aliphatic heterocycles. The molecule has 1 unspecified atom stereocenters. The van der Waals surface area contributed by atoms with Crippen molar-refractivity contribution in [3.05, 3.63) is 60.7 Å². The third-order valence-electron chi connectivity index (χ3n) is 3.63. The Bertz CT molecular complexity index is 753. The van der Waals surface area contributed by atoms with Crippen molar-refractivity contribution in [2.24, 2.45) is 0 Å². The number of carbonyl (C=O) groups excluding carboxylic acids is 2. The molecule has 138 valence electrons. The molecule has 0 saturated heterocycles. The molecule has 26 heavy (non-hydrogen) atoms. The van der Waals surface area contributed by atoms with Crippen LogP contribution in [0.15, 0.2) is 55.1 Å². The molecule has 0 saturated carbocycles. The van der Waals surface area contributed by atoms with E-state index in [1.165, 1.54) is 0 Å². The van der Waals surface area contributed by atoms with Gasteiger partial charge >= 0.3 is 11.9 Å². The standard InChI is InChI=1S/C20H22O5S/c1-2-19(21)24-14-16(13-23-11-6-12-26)25-20(22)18-10-5-8-15-7-3-4-9-17(15)18/h2-5,7-10,16,26H,1,6,11-14H2/p+1. The summed E-state index contributed by atoms with van der Waals surface area (Å²) in [6.07, 6.45) is 1.20. The summed E-state index contributed by atoms with van der Waals surface area (Å²) in [5.74, 6) is -0.243. The maximum absolute atomic E-state index is 12.6. The molecule has 0 aromatic heterocycles. The Morgan fingerprint density at radius 3 is 2.65 bits per heavy atom. The summed E-state index contributed by atoms with van der Waals surface area (Å²) in [7, 11) is 0. The van der Waals surface area contributed by atoms with E-state index in [4.69, 9.17) is 14.2 Å². The Morgan fingerprint density at radius 1 is 1.12 bits per heavy atom. The van der Waals surface area contributed by atoms with Crippen LogP contribution in [-0.4, -0.2) is 43.6 Å². The van der Waals surface area contributed by atoms with Gasteiger partial charge in [0.2, 0.25) is 0 Å². The van der Waals surface area contributed by atoms with E-state index in [-0.39, 0.29) is 13.2 Å². The van der Waals surface area contributed by atoms with Crippen molar-refractivity contribution in [1.82, 2.24) is 0 Å². The predicted octanol–water partition coefficient (Wildman–Crippen LogP) is 2.51. The molecule has 0 N–H and O–H groups in total. The van der Waals surface area contributed by atoms with Crippen molar-refractivity contribution in [3.8, 4) is 0 Å². The number of hydrogen-bond acceptors (Lipinski definition) is 5. The van der Waals surface area contributed by atoms with Gasteiger partial charge in [-0.25, -0.2) is 9.59 Å². The quantitative estimate of drug-likeness (QED) is 0.276. The molecule has 6 heteroatoms. The zero-order chi connectivity index (χ0) is 18.8. The van der Waals surface area contributed by atoms with Gasteiger partial charge in [0, 0.05) is 12.5 Å². The number of esters is 2. The number of ether oxygens (including phenoxy) is 3. The van der Waals surface area contributed by atoms with Gasteiger partial charge in [0.1, 0.15) is 12.4 Å². The molecule has 0 fully saturated rings. The SMILES string of the molecule is C=CC(=O)OCC(COCCC[SH2+])OC(=O)c1cccc2ccccc12. The molecule has 2 rings (SSSR count). The first kappa shape index (κ1) is 20.0. The predicted molar refractivity (Wildman–Crippen MR) is 105 cm³/mol. The van der Waals surface area contributed by atoms with E-state index in [9.17, 15) is 9.59 Å². The van der Waals surface area contributed by atoms with Crippen LogP contribution in [0.5, 0.6) is 0 Å². The van der Waals surface area contributed by atoms with Crippen molar-refractivity contribution < 1.29 is 23.8 Å². The minimum absolute atomic E-state index is 0.0881. The average Bonchev–Trinajstić information content (AvgIpc) is 2.68. The zero-order valence-electron chi connectivity index (χ0n) is 14.5. The Labute approximate surface area is 158 Å². The first-order valence-corrected chi connectivity index (χ1v) is 9.06. The van der Waals surface area contributed by atoms with Gasteiger partial charge in [0.25, 0.3) is 0 Å². The molecule has 0 aliphatic rings. The van der Waals surface area contributed by atoms with Crippen LogP contribution < -0.4 is 0 Å². The zero-order valence-corrected chi connectivity index (χ0v) is 15.5. The van der Waals surface area contributed by atoms with Crippen molar-refractivity contribution in [2.45, 2.75) is 12.5 Å². The van der Waals surface area contributed by atoms with Gasteiger partial charge in [-0.2, -0.15) is 0 Å². The number of benzene rings is 2. The monoisotopic (exact) mass is 375 g/mol. The van der Waals surface area contributed by atoms with Gasteiger partial charge in [-0.15, -0.1) is 0 Å². The van der Waals surface area contributed by atoms with Crippen LogP contribution in [0.3, 0.4) is 0 Å². The van der Waals surface area contributed by atoms with Crippen LogP contribution >= 0.6 is 0 Å². The number of carbonyl (C=O) groups is 2. The summed E-state index contributed by atoms with van der Waals surface area (Å²) >= 11 is 3.37. The highest BCUT2D eigenvalue weighted by atomic mass is 32.1. The summed E-state index contributed by atoms with van der Waals surface area (Å²) in [5.41, 5.74) is 0.461. The third-order valence-corrected chi connectivity index (χ3v) is 3.98. The van der Waals surface area contributed by atoms with Gasteiger partial charge in [0.15, 0.2) is 6.10 Å². The Balaban J connectivity index is 2.07. The van der Waals surface area contributed by atoms with Gasteiger partial charge in [-0.1, -0.05) is 43.0 Å². The van der Waals surface area contributed by atoms with E-state index < -0.39 is 18.0 Å². The Kier molecular flexibility index (Phi) is 8.18. The van der Waals surface area contributed by atoms with Gasteiger partial charge < -0.3 is 14.2 Å². The molecular formula is C20H23O5S+. The minimum atomic E-state index is -0.694. The Morgan fingerprint density at radius 2 is 1.88 bits per heavy atom. The summed E-state index contributed by atoms with van der Waals surface area (Å²) in [6, 6.07) is 13.0. The van der Waals surface area contributed by atoms with Crippen molar-refractivity contribution >= 4 is 35.3 Å².